The molecule has 1 heterocycles. The highest BCUT2D eigenvalue weighted by Gasteiger charge is 2.27. The summed E-state index contributed by atoms with van der Waals surface area (Å²) in [6.07, 6.45) is 0.989. The molecule has 1 amide bonds. The van der Waals surface area contributed by atoms with Gasteiger partial charge in [-0.25, -0.2) is 0 Å². The summed E-state index contributed by atoms with van der Waals surface area (Å²) in [6, 6.07) is 19.7. The fourth-order valence-corrected chi connectivity index (χ4v) is 3.29. The molecule has 2 aromatic rings. The maximum Gasteiger partial charge on any atom is 0.260 e. The molecule has 1 unspecified atom stereocenters. The summed E-state index contributed by atoms with van der Waals surface area (Å²) in [7, 11) is 0. The van der Waals surface area contributed by atoms with Gasteiger partial charge in [0.2, 0.25) is 0 Å². The van der Waals surface area contributed by atoms with E-state index in [1.54, 1.807) is 0 Å². The third-order valence-corrected chi connectivity index (χ3v) is 4.96. The summed E-state index contributed by atoms with van der Waals surface area (Å²) in [4.78, 5) is 16.3. The Balaban J connectivity index is 1.52. The van der Waals surface area contributed by atoms with E-state index in [0.29, 0.717) is 31.9 Å². The van der Waals surface area contributed by atoms with E-state index in [1.807, 2.05) is 47.4 Å². The highest BCUT2D eigenvalue weighted by molar-refractivity contribution is 5.77. The van der Waals surface area contributed by atoms with Gasteiger partial charge in [0, 0.05) is 26.2 Å². The highest BCUT2D eigenvalue weighted by atomic mass is 16.5. The van der Waals surface area contributed by atoms with Gasteiger partial charge < -0.3 is 9.64 Å². The molecule has 0 saturated carbocycles. The lowest BCUT2D eigenvalue weighted by atomic mass is 10.0. The molecule has 1 fully saturated rings. The van der Waals surface area contributed by atoms with E-state index in [9.17, 15) is 10.1 Å². The van der Waals surface area contributed by atoms with Crippen molar-refractivity contribution < 1.29 is 9.53 Å². The van der Waals surface area contributed by atoms with Crippen LogP contribution in [0.2, 0.25) is 0 Å². The second-order valence-corrected chi connectivity index (χ2v) is 6.65. The van der Waals surface area contributed by atoms with E-state index < -0.39 is 0 Å². The van der Waals surface area contributed by atoms with Crippen molar-refractivity contribution >= 4 is 5.91 Å². The van der Waals surface area contributed by atoms with Gasteiger partial charge in [0.1, 0.15) is 11.8 Å². The summed E-state index contributed by atoms with van der Waals surface area (Å²) in [5, 5.41) is 9.65. The number of amides is 1. The van der Waals surface area contributed by atoms with E-state index in [4.69, 9.17) is 4.74 Å². The number of rotatable bonds is 6. The lowest BCUT2D eigenvalue weighted by Crippen LogP contribution is -2.50. The molecule has 140 valence electrons. The molecule has 1 atom stereocenters. The Hall–Kier alpha value is -2.84. The van der Waals surface area contributed by atoms with E-state index in [2.05, 4.69) is 30.0 Å². The number of hydrogen-bond acceptors (Lipinski definition) is 4. The first-order chi connectivity index (χ1) is 13.2. The molecule has 5 nitrogen and oxygen atoms in total. The van der Waals surface area contributed by atoms with Crippen molar-refractivity contribution in [3.05, 3.63) is 65.7 Å². The molecule has 27 heavy (non-hydrogen) atoms. The Labute approximate surface area is 160 Å². The average molecular weight is 363 g/mol. The van der Waals surface area contributed by atoms with Crippen LogP contribution < -0.4 is 4.74 Å². The normalized spacial score (nSPS) is 15.8. The van der Waals surface area contributed by atoms with Crippen molar-refractivity contribution in [2.75, 3.05) is 32.8 Å². The van der Waals surface area contributed by atoms with Gasteiger partial charge >= 0.3 is 0 Å². The first kappa shape index (κ1) is 18.9. The van der Waals surface area contributed by atoms with Crippen molar-refractivity contribution in [2.45, 2.75) is 19.4 Å². The Morgan fingerprint density at radius 1 is 1.07 bits per heavy atom. The minimum Gasteiger partial charge on any atom is -0.484 e. The van der Waals surface area contributed by atoms with Crippen molar-refractivity contribution in [3.63, 3.8) is 0 Å². The number of para-hydroxylation sites is 1. The van der Waals surface area contributed by atoms with Crippen molar-refractivity contribution in [1.82, 2.24) is 9.80 Å². The van der Waals surface area contributed by atoms with Crippen LogP contribution in [0.1, 0.15) is 24.1 Å². The second-order valence-electron chi connectivity index (χ2n) is 6.65. The maximum absolute atomic E-state index is 12.4. The number of aryl methyl sites for hydroxylation is 1. The molecule has 0 radical (unpaired) electrons. The topological polar surface area (TPSA) is 56.6 Å². The first-order valence-electron chi connectivity index (χ1n) is 9.39. The average Bonchev–Trinajstić information content (AvgIpc) is 2.74. The highest BCUT2D eigenvalue weighted by Crippen LogP contribution is 2.22. The van der Waals surface area contributed by atoms with Crippen LogP contribution in [0.5, 0.6) is 5.75 Å². The smallest absolute Gasteiger partial charge is 0.260 e. The van der Waals surface area contributed by atoms with Gasteiger partial charge in [-0.1, -0.05) is 49.4 Å². The fraction of sp³-hybridized carbons (Fsp3) is 0.364. The molecule has 0 aromatic heterocycles. The maximum atomic E-state index is 12.4. The minimum atomic E-state index is -0.270. The van der Waals surface area contributed by atoms with Crippen LogP contribution in [0.3, 0.4) is 0 Å². The van der Waals surface area contributed by atoms with Crippen LogP contribution in [0.25, 0.3) is 0 Å². The van der Waals surface area contributed by atoms with Gasteiger partial charge in [0.15, 0.2) is 6.61 Å². The number of carbonyl (C=O) groups excluding carboxylic acids is 1. The molecule has 1 saturated heterocycles. The predicted molar refractivity (Wildman–Crippen MR) is 104 cm³/mol. The summed E-state index contributed by atoms with van der Waals surface area (Å²) in [5.41, 5.74) is 2.28. The van der Waals surface area contributed by atoms with E-state index in [0.717, 1.165) is 12.0 Å². The van der Waals surface area contributed by atoms with Crippen molar-refractivity contribution in [2.24, 2.45) is 0 Å². The molecule has 2 aromatic carbocycles. The number of nitrogens with zero attached hydrogens (tertiary/aromatic N) is 3. The van der Waals surface area contributed by atoms with Crippen molar-refractivity contribution in [1.29, 1.82) is 5.26 Å². The number of piperazine rings is 1. The molecule has 0 spiro atoms. The third-order valence-electron chi connectivity index (χ3n) is 4.96. The molecule has 1 aliphatic heterocycles. The van der Waals surface area contributed by atoms with Crippen LogP contribution >= 0.6 is 0 Å². The van der Waals surface area contributed by atoms with Gasteiger partial charge in [-0.05, 0) is 29.7 Å². The molecule has 3 rings (SSSR count). The zero-order valence-electron chi connectivity index (χ0n) is 15.7. The van der Waals surface area contributed by atoms with Gasteiger partial charge in [0.25, 0.3) is 5.91 Å². The monoisotopic (exact) mass is 363 g/mol. The SMILES string of the molecule is CCc1ccc(C(C#N)N2CCN(C(=O)COc3ccccc3)CC2)cc1. The van der Waals surface area contributed by atoms with E-state index in [1.165, 1.54) is 5.56 Å². The van der Waals surface area contributed by atoms with Gasteiger partial charge in [0.05, 0.1) is 6.07 Å². The Morgan fingerprint density at radius 3 is 2.33 bits per heavy atom. The zero-order valence-corrected chi connectivity index (χ0v) is 15.7. The molecule has 1 aliphatic rings. The molecule has 0 aliphatic carbocycles. The number of nitriles is 1. The summed E-state index contributed by atoms with van der Waals surface area (Å²) in [5.74, 6) is 0.684. The molecule has 0 N–H and O–H groups in total. The predicted octanol–water partition coefficient (Wildman–Crippen LogP) is 3.04. The Kier molecular flexibility index (Phi) is 6.45. The minimum absolute atomic E-state index is 0.0145. The number of benzene rings is 2. The van der Waals surface area contributed by atoms with E-state index >= 15 is 0 Å². The number of hydrogen-bond donors (Lipinski definition) is 0. The Bertz CT molecular complexity index is 775. The largest absolute Gasteiger partial charge is 0.484 e. The lowest BCUT2D eigenvalue weighted by Gasteiger charge is -2.37. The molecular weight excluding hydrogens is 338 g/mol. The van der Waals surface area contributed by atoms with Crippen LogP contribution in [-0.2, 0) is 11.2 Å². The lowest BCUT2D eigenvalue weighted by molar-refractivity contribution is -0.135. The summed E-state index contributed by atoms with van der Waals surface area (Å²) in [6.45, 7) is 4.76. The van der Waals surface area contributed by atoms with Crippen LogP contribution in [0.15, 0.2) is 54.6 Å². The number of ether oxygens (including phenoxy) is 1. The quantitative estimate of drug-likeness (QED) is 0.792. The van der Waals surface area contributed by atoms with Crippen LogP contribution in [-0.4, -0.2) is 48.5 Å². The molecule has 0 bridgehead atoms. The third kappa shape index (κ3) is 4.87. The van der Waals surface area contributed by atoms with Gasteiger partial charge in [-0.3, -0.25) is 9.69 Å². The molecular formula is C22H25N3O2. The van der Waals surface area contributed by atoms with Crippen LogP contribution in [0, 0.1) is 11.3 Å². The first-order valence-corrected chi connectivity index (χ1v) is 9.39. The number of carbonyl (C=O) groups is 1. The summed E-state index contributed by atoms with van der Waals surface area (Å²) < 4.78 is 5.55. The van der Waals surface area contributed by atoms with Crippen molar-refractivity contribution in [3.8, 4) is 11.8 Å². The van der Waals surface area contributed by atoms with Gasteiger partial charge in [-0.15, -0.1) is 0 Å². The standard InChI is InChI=1S/C22H25N3O2/c1-2-18-8-10-19(11-9-18)21(16-23)24-12-14-25(15-13-24)22(26)17-27-20-6-4-3-5-7-20/h3-11,21H,2,12-15,17H2,1H3. The zero-order chi connectivity index (χ0) is 19.1. The van der Waals surface area contributed by atoms with Crippen LogP contribution in [0.4, 0.5) is 0 Å². The van der Waals surface area contributed by atoms with Gasteiger partial charge in [-0.2, -0.15) is 5.26 Å². The van der Waals surface area contributed by atoms with E-state index in [-0.39, 0.29) is 18.6 Å². The fourth-order valence-electron chi connectivity index (χ4n) is 3.29. The Morgan fingerprint density at radius 2 is 1.74 bits per heavy atom. The second kappa shape index (κ2) is 9.20. The summed E-state index contributed by atoms with van der Waals surface area (Å²) >= 11 is 0. The molecule has 5 heteroatoms.